The van der Waals surface area contributed by atoms with E-state index in [1.165, 1.54) is 11.1 Å². The fourth-order valence-corrected chi connectivity index (χ4v) is 3.32. The zero-order valence-corrected chi connectivity index (χ0v) is 14.6. The molecular weight excluding hydrogens is 320 g/mol. The fourth-order valence-electron chi connectivity index (χ4n) is 3.32. The number of nitrogens with one attached hydrogen (secondary N) is 1. The van der Waals surface area contributed by atoms with Crippen molar-refractivity contribution in [3.8, 4) is 5.75 Å². The van der Waals surface area contributed by atoms with E-state index in [4.69, 9.17) is 9.73 Å². The van der Waals surface area contributed by atoms with Crippen molar-refractivity contribution in [1.82, 2.24) is 5.32 Å². The van der Waals surface area contributed by atoms with Crippen LogP contribution in [0.5, 0.6) is 5.75 Å². The van der Waals surface area contributed by atoms with Gasteiger partial charge in [0.15, 0.2) is 0 Å². The van der Waals surface area contributed by atoms with E-state index in [-0.39, 0.29) is 12.1 Å². The highest BCUT2D eigenvalue weighted by Crippen LogP contribution is 2.28. The van der Waals surface area contributed by atoms with Crippen LogP contribution >= 0.6 is 0 Å². The molecule has 0 amide bonds. The van der Waals surface area contributed by atoms with Gasteiger partial charge in [0.1, 0.15) is 18.2 Å². The second kappa shape index (κ2) is 7.87. The molecule has 3 nitrogen and oxygen atoms in total. The molecule has 1 aliphatic heterocycles. The van der Waals surface area contributed by atoms with Crippen molar-refractivity contribution in [3.63, 3.8) is 0 Å². The van der Waals surface area contributed by atoms with Crippen LogP contribution in [0, 0.1) is 0 Å². The normalized spacial score (nSPS) is 18.8. The van der Waals surface area contributed by atoms with Crippen molar-refractivity contribution in [1.29, 1.82) is 0 Å². The van der Waals surface area contributed by atoms with Crippen LogP contribution in [0.15, 0.2) is 96.0 Å². The van der Waals surface area contributed by atoms with Crippen LogP contribution in [-0.2, 0) is 6.42 Å². The Bertz CT molecular complexity index is 847. The molecule has 0 aromatic heterocycles. The lowest BCUT2D eigenvalue weighted by molar-refractivity contribution is 0.372. The summed E-state index contributed by atoms with van der Waals surface area (Å²) in [7, 11) is 0. The molecule has 0 bridgehead atoms. The molecule has 3 heteroatoms. The van der Waals surface area contributed by atoms with Gasteiger partial charge in [0.25, 0.3) is 0 Å². The van der Waals surface area contributed by atoms with E-state index in [1.807, 2.05) is 36.4 Å². The van der Waals surface area contributed by atoms with Crippen molar-refractivity contribution in [2.24, 2.45) is 4.99 Å². The predicted molar refractivity (Wildman–Crippen MR) is 106 cm³/mol. The minimum Gasteiger partial charge on any atom is -0.486 e. The molecule has 130 valence electrons. The standard InChI is InChI=1S/C23H22N2O/c1-4-10-18(11-5-1)16-21-23(19-12-6-2-7-13-19)25-22(24-21)17-26-20-14-8-3-9-15-20/h1-15,21,23H,16-17H2,(H,24,25). The maximum absolute atomic E-state index is 5.88. The van der Waals surface area contributed by atoms with Gasteiger partial charge in [0.05, 0.1) is 12.1 Å². The van der Waals surface area contributed by atoms with Gasteiger partial charge in [-0.25, -0.2) is 0 Å². The Morgan fingerprint density at radius 2 is 1.38 bits per heavy atom. The maximum Gasteiger partial charge on any atom is 0.145 e. The van der Waals surface area contributed by atoms with Gasteiger partial charge in [-0.3, -0.25) is 4.99 Å². The van der Waals surface area contributed by atoms with Crippen LogP contribution in [0.4, 0.5) is 0 Å². The highest BCUT2D eigenvalue weighted by Gasteiger charge is 2.30. The highest BCUT2D eigenvalue weighted by molar-refractivity contribution is 5.86. The van der Waals surface area contributed by atoms with Gasteiger partial charge in [-0.05, 0) is 29.7 Å². The van der Waals surface area contributed by atoms with E-state index in [0.29, 0.717) is 6.61 Å². The number of hydrogen-bond donors (Lipinski definition) is 1. The van der Waals surface area contributed by atoms with E-state index < -0.39 is 0 Å². The molecule has 2 unspecified atom stereocenters. The number of aliphatic imine (C=N–C) groups is 1. The number of para-hydroxylation sites is 1. The van der Waals surface area contributed by atoms with Crippen LogP contribution in [0.25, 0.3) is 0 Å². The first-order valence-electron chi connectivity index (χ1n) is 8.98. The lowest BCUT2D eigenvalue weighted by Crippen LogP contribution is -2.35. The third-order valence-corrected chi connectivity index (χ3v) is 4.59. The number of nitrogens with zero attached hydrogens (tertiary/aromatic N) is 1. The van der Waals surface area contributed by atoms with Crippen LogP contribution in [0.2, 0.25) is 0 Å². The first kappa shape index (κ1) is 16.4. The molecule has 26 heavy (non-hydrogen) atoms. The first-order chi connectivity index (χ1) is 12.9. The summed E-state index contributed by atoms with van der Waals surface area (Å²) in [6.07, 6.45) is 0.929. The molecule has 2 atom stereocenters. The Hall–Kier alpha value is -3.07. The summed E-state index contributed by atoms with van der Waals surface area (Å²) in [4.78, 5) is 4.93. The molecule has 1 heterocycles. The monoisotopic (exact) mass is 342 g/mol. The zero-order chi connectivity index (χ0) is 17.6. The Morgan fingerprint density at radius 3 is 2.08 bits per heavy atom. The van der Waals surface area contributed by atoms with E-state index >= 15 is 0 Å². The number of benzene rings is 3. The summed E-state index contributed by atoms with van der Waals surface area (Å²) < 4.78 is 5.88. The average Bonchev–Trinajstić information content (AvgIpc) is 3.11. The highest BCUT2D eigenvalue weighted by atomic mass is 16.5. The van der Waals surface area contributed by atoms with Crippen molar-refractivity contribution in [2.45, 2.75) is 18.5 Å². The topological polar surface area (TPSA) is 33.6 Å². The number of hydrogen-bond acceptors (Lipinski definition) is 3. The minimum atomic E-state index is 0.103. The van der Waals surface area contributed by atoms with Gasteiger partial charge in [0.2, 0.25) is 0 Å². The molecule has 3 aromatic rings. The van der Waals surface area contributed by atoms with Crippen molar-refractivity contribution in [2.75, 3.05) is 6.61 Å². The lowest BCUT2D eigenvalue weighted by Gasteiger charge is -2.19. The van der Waals surface area contributed by atoms with Crippen molar-refractivity contribution >= 4 is 5.84 Å². The second-order valence-electron chi connectivity index (χ2n) is 6.47. The summed E-state index contributed by atoms with van der Waals surface area (Å²) in [5.41, 5.74) is 2.54. The maximum atomic E-state index is 5.88. The van der Waals surface area contributed by atoms with E-state index in [0.717, 1.165) is 18.0 Å². The van der Waals surface area contributed by atoms with Crippen LogP contribution < -0.4 is 10.1 Å². The molecule has 0 radical (unpaired) electrons. The summed E-state index contributed by atoms with van der Waals surface area (Å²) in [5, 5.41) is 3.58. The summed E-state index contributed by atoms with van der Waals surface area (Å²) in [6.45, 7) is 0.457. The largest absolute Gasteiger partial charge is 0.486 e. The quantitative estimate of drug-likeness (QED) is 0.719. The summed E-state index contributed by atoms with van der Waals surface area (Å²) in [5.74, 6) is 1.77. The Morgan fingerprint density at radius 1 is 0.769 bits per heavy atom. The van der Waals surface area contributed by atoms with Crippen molar-refractivity contribution < 1.29 is 4.74 Å². The average molecular weight is 342 g/mol. The van der Waals surface area contributed by atoms with Crippen LogP contribution in [0.1, 0.15) is 17.2 Å². The molecular formula is C23H22N2O. The predicted octanol–water partition coefficient (Wildman–Crippen LogP) is 4.42. The van der Waals surface area contributed by atoms with Crippen LogP contribution in [0.3, 0.4) is 0 Å². The third-order valence-electron chi connectivity index (χ3n) is 4.59. The molecule has 0 saturated heterocycles. The van der Waals surface area contributed by atoms with Gasteiger partial charge in [-0.15, -0.1) is 0 Å². The van der Waals surface area contributed by atoms with E-state index in [1.54, 1.807) is 0 Å². The molecule has 0 aliphatic carbocycles. The molecule has 0 spiro atoms. The summed E-state index contributed by atoms with van der Waals surface area (Å²) >= 11 is 0. The SMILES string of the molecule is c1ccc(CC2NC(COc3ccccc3)=NC2c2ccccc2)cc1. The molecule has 4 rings (SSSR count). The van der Waals surface area contributed by atoms with Crippen molar-refractivity contribution in [3.05, 3.63) is 102 Å². The number of ether oxygens (including phenoxy) is 1. The molecule has 0 saturated carbocycles. The molecule has 1 aliphatic rings. The zero-order valence-electron chi connectivity index (χ0n) is 14.6. The third kappa shape index (κ3) is 3.94. The number of amidine groups is 1. The Labute approximate surface area is 154 Å². The minimum absolute atomic E-state index is 0.103. The second-order valence-corrected chi connectivity index (χ2v) is 6.47. The van der Waals surface area contributed by atoms with E-state index in [2.05, 4.69) is 59.9 Å². The fraction of sp³-hybridized carbons (Fsp3) is 0.174. The van der Waals surface area contributed by atoms with Crippen LogP contribution in [-0.4, -0.2) is 18.5 Å². The van der Waals surface area contributed by atoms with Gasteiger partial charge in [-0.1, -0.05) is 78.9 Å². The lowest BCUT2D eigenvalue weighted by atomic mass is 9.95. The molecule has 3 aromatic carbocycles. The Balaban J connectivity index is 1.51. The molecule has 1 N–H and O–H groups in total. The van der Waals surface area contributed by atoms with Gasteiger partial charge < -0.3 is 10.1 Å². The van der Waals surface area contributed by atoms with Gasteiger partial charge >= 0.3 is 0 Å². The smallest absolute Gasteiger partial charge is 0.145 e. The summed E-state index contributed by atoms with van der Waals surface area (Å²) in [6, 6.07) is 31.2. The van der Waals surface area contributed by atoms with Gasteiger partial charge in [0, 0.05) is 0 Å². The van der Waals surface area contributed by atoms with Gasteiger partial charge in [-0.2, -0.15) is 0 Å². The molecule has 0 fully saturated rings. The first-order valence-corrected chi connectivity index (χ1v) is 8.98. The number of rotatable bonds is 6. The van der Waals surface area contributed by atoms with E-state index in [9.17, 15) is 0 Å². The Kier molecular flexibility index (Phi) is 4.97.